The van der Waals surface area contributed by atoms with Gasteiger partial charge in [-0.15, -0.1) is 0 Å². The van der Waals surface area contributed by atoms with E-state index >= 15 is 0 Å². The lowest BCUT2D eigenvalue weighted by molar-refractivity contribution is -0.136. The zero-order valence-corrected chi connectivity index (χ0v) is 8.75. The lowest BCUT2D eigenvalue weighted by Gasteiger charge is -2.09. The average Bonchev–Trinajstić information content (AvgIpc) is 2.26. The molecule has 1 heterocycles. The third kappa shape index (κ3) is 2.20. The number of hydrogen-bond acceptors (Lipinski definition) is 3. The van der Waals surface area contributed by atoms with Gasteiger partial charge in [-0.2, -0.15) is 13.2 Å². The molecule has 7 heteroatoms. The largest absolute Gasteiger partial charge is 0.423 e. The summed E-state index contributed by atoms with van der Waals surface area (Å²) in [4.78, 5) is 21.3. The highest BCUT2D eigenvalue weighted by molar-refractivity contribution is 5.86. The molecule has 0 aliphatic rings. The second-order valence-corrected chi connectivity index (χ2v) is 3.45. The number of fused-ring (bicyclic) bond motifs is 1. The van der Waals surface area contributed by atoms with Crippen molar-refractivity contribution < 1.29 is 22.4 Å². The Labute approximate surface area is 98.0 Å². The number of amides is 1. The van der Waals surface area contributed by atoms with Crippen LogP contribution < -0.4 is 10.9 Å². The molecule has 0 atom stereocenters. The number of halogens is 3. The molecule has 1 aromatic carbocycles. The van der Waals surface area contributed by atoms with Crippen LogP contribution in [0.4, 0.5) is 18.9 Å². The van der Waals surface area contributed by atoms with E-state index in [0.717, 1.165) is 12.1 Å². The minimum Gasteiger partial charge on any atom is -0.423 e. The van der Waals surface area contributed by atoms with Crippen LogP contribution in [-0.4, -0.2) is 6.41 Å². The summed E-state index contributed by atoms with van der Waals surface area (Å²) in [6, 6.07) is 3.97. The van der Waals surface area contributed by atoms with Crippen LogP contribution in [0.15, 0.2) is 33.5 Å². The molecule has 0 spiro atoms. The molecule has 18 heavy (non-hydrogen) atoms. The highest BCUT2D eigenvalue weighted by Crippen LogP contribution is 2.34. The quantitative estimate of drug-likeness (QED) is 0.663. The van der Waals surface area contributed by atoms with Crippen LogP contribution in [0.5, 0.6) is 0 Å². The zero-order valence-electron chi connectivity index (χ0n) is 8.75. The Morgan fingerprint density at radius 2 is 1.94 bits per heavy atom. The number of rotatable bonds is 2. The van der Waals surface area contributed by atoms with Crippen molar-refractivity contribution >= 4 is 23.1 Å². The van der Waals surface area contributed by atoms with Gasteiger partial charge in [0.1, 0.15) is 5.58 Å². The van der Waals surface area contributed by atoms with Crippen LogP contribution in [0.1, 0.15) is 5.56 Å². The molecule has 1 amide bonds. The van der Waals surface area contributed by atoms with E-state index in [4.69, 9.17) is 0 Å². The summed E-state index contributed by atoms with van der Waals surface area (Å²) >= 11 is 0. The van der Waals surface area contributed by atoms with Gasteiger partial charge >= 0.3 is 11.8 Å². The first-order chi connectivity index (χ1) is 8.41. The summed E-state index contributed by atoms with van der Waals surface area (Å²) in [6.45, 7) is 0. The van der Waals surface area contributed by atoms with E-state index in [2.05, 4.69) is 9.73 Å². The highest BCUT2D eigenvalue weighted by Gasteiger charge is 2.33. The fourth-order valence-electron chi connectivity index (χ4n) is 1.56. The first-order valence-electron chi connectivity index (χ1n) is 4.77. The Kier molecular flexibility index (Phi) is 2.82. The minimum atomic E-state index is -4.65. The van der Waals surface area contributed by atoms with Gasteiger partial charge in [-0.25, -0.2) is 4.79 Å². The van der Waals surface area contributed by atoms with Gasteiger partial charge in [0.25, 0.3) is 0 Å². The topological polar surface area (TPSA) is 59.3 Å². The summed E-state index contributed by atoms with van der Waals surface area (Å²) in [5, 5.41) is 2.02. The first-order valence-corrected chi connectivity index (χ1v) is 4.77. The Morgan fingerprint density at radius 1 is 1.22 bits per heavy atom. The molecular weight excluding hydrogens is 251 g/mol. The second-order valence-electron chi connectivity index (χ2n) is 3.45. The third-order valence-electron chi connectivity index (χ3n) is 2.28. The van der Waals surface area contributed by atoms with E-state index in [-0.39, 0.29) is 16.7 Å². The van der Waals surface area contributed by atoms with Gasteiger partial charge in [-0.1, -0.05) is 0 Å². The van der Waals surface area contributed by atoms with Gasteiger partial charge in [-0.05, 0) is 12.1 Å². The van der Waals surface area contributed by atoms with Crippen molar-refractivity contribution in [2.45, 2.75) is 6.18 Å². The molecule has 0 aliphatic heterocycles. The molecule has 0 bridgehead atoms. The van der Waals surface area contributed by atoms with Crippen LogP contribution in [0.25, 0.3) is 11.0 Å². The maximum absolute atomic E-state index is 12.7. The third-order valence-corrected chi connectivity index (χ3v) is 2.28. The molecule has 4 nitrogen and oxygen atoms in total. The van der Waals surface area contributed by atoms with E-state index in [1.807, 2.05) is 0 Å². The number of anilines is 1. The van der Waals surface area contributed by atoms with E-state index in [9.17, 15) is 22.8 Å². The Hall–Kier alpha value is -2.31. The van der Waals surface area contributed by atoms with Gasteiger partial charge in [0.05, 0.1) is 5.56 Å². The van der Waals surface area contributed by atoms with E-state index in [1.165, 1.54) is 6.07 Å². The average molecular weight is 257 g/mol. The molecule has 94 valence electrons. The SMILES string of the molecule is O=CNc1ccc2c(C(F)(F)F)cc(=O)oc2c1. The normalized spacial score (nSPS) is 11.5. The van der Waals surface area contributed by atoms with Crippen molar-refractivity contribution in [3.05, 3.63) is 40.2 Å². The van der Waals surface area contributed by atoms with Gasteiger partial charge in [-0.3, -0.25) is 4.79 Å². The Morgan fingerprint density at radius 3 is 2.56 bits per heavy atom. The van der Waals surface area contributed by atoms with Crippen molar-refractivity contribution in [2.75, 3.05) is 5.32 Å². The molecule has 1 N–H and O–H groups in total. The van der Waals surface area contributed by atoms with Gasteiger partial charge in [0, 0.05) is 23.2 Å². The predicted molar refractivity (Wildman–Crippen MR) is 57.2 cm³/mol. The number of hydrogen-bond donors (Lipinski definition) is 1. The number of alkyl halides is 3. The van der Waals surface area contributed by atoms with Crippen molar-refractivity contribution in [2.24, 2.45) is 0 Å². The first kappa shape index (κ1) is 12.2. The summed E-state index contributed by atoms with van der Waals surface area (Å²) in [6.07, 6.45) is -4.28. The molecule has 2 rings (SSSR count). The van der Waals surface area contributed by atoms with Gasteiger partial charge < -0.3 is 9.73 Å². The minimum absolute atomic E-state index is 0.235. The number of carbonyl (C=O) groups is 1. The van der Waals surface area contributed by atoms with E-state index in [1.54, 1.807) is 0 Å². The van der Waals surface area contributed by atoms with Crippen LogP contribution in [-0.2, 0) is 11.0 Å². The number of carbonyl (C=O) groups excluding carboxylic acids is 1. The summed E-state index contributed by atoms with van der Waals surface area (Å²) in [5.41, 5.74) is -2.16. The second kappa shape index (κ2) is 4.17. The van der Waals surface area contributed by atoms with Gasteiger partial charge in [0.2, 0.25) is 6.41 Å². The summed E-state index contributed by atoms with van der Waals surface area (Å²) in [5.74, 6) is 0. The molecule has 0 radical (unpaired) electrons. The van der Waals surface area contributed by atoms with Crippen LogP contribution in [0.2, 0.25) is 0 Å². The molecule has 0 aliphatic carbocycles. The maximum atomic E-state index is 12.7. The smallest absolute Gasteiger partial charge is 0.417 e. The molecule has 2 aromatic rings. The lowest BCUT2D eigenvalue weighted by Crippen LogP contribution is -2.11. The fourth-order valence-corrected chi connectivity index (χ4v) is 1.56. The molecule has 0 fully saturated rings. The van der Waals surface area contributed by atoms with Crippen molar-refractivity contribution in [3.63, 3.8) is 0 Å². The molecule has 1 aromatic heterocycles. The Balaban J connectivity index is 2.74. The van der Waals surface area contributed by atoms with Crippen LogP contribution >= 0.6 is 0 Å². The summed E-state index contributed by atoms with van der Waals surface area (Å²) in [7, 11) is 0. The fraction of sp³-hybridized carbons (Fsp3) is 0.0909. The Bertz CT molecular complexity index is 661. The lowest BCUT2D eigenvalue weighted by atomic mass is 10.1. The number of nitrogens with one attached hydrogen (secondary N) is 1. The molecule has 0 saturated carbocycles. The van der Waals surface area contributed by atoms with E-state index < -0.39 is 17.4 Å². The number of benzene rings is 1. The monoisotopic (exact) mass is 257 g/mol. The van der Waals surface area contributed by atoms with Crippen molar-refractivity contribution in [1.29, 1.82) is 0 Å². The zero-order chi connectivity index (χ0) is 13.3. The van der Waals surface area contributed by atoms with Crippen molar-refractivity contribution in [1.82, 2.24) is 0 Å². The van der Waals surface area contributed by atoms with Gasteiger partial charge in [0.15, 0.2) is 0 Å². The van der Waals surface area contributed by atoms with Crippen LogP contribution in [0.3, 0.4) is 0 Å². The molecule has 0 unspecified atom stereocenters. The van der Waals surface area contributed by atoms with Crippen molar-refractivity contribution in [3.8, 4) is 0 Å². The molecule has 0 saturated heterocycles. The highest BCUT2D eigenvalue weighted by atomic mass is 19.4. The predicted octanol–water partition coefficient (Wildman–Crippen LogP) is 2.38. The van der Waals surface area contributed by atoms with E-state index in [0.29, 0.717) is 12.5 Å². The standard InChI is InChI=1S/C11H6F3NO3/c12-11(13,14)8-4-10(17)18-9-3-6(15-5-16)1-2-7(8)9/h1-5H,(H,15,16). The summed E-state index contributed by atoms with van der Waals surface area (Å²) < 4.78 is 42.8. The molecular formula is C11H6F3NO3. The van der Waals surface area contributed by atoms with Crippen LogP contribution in [0, 0.1) is 0 Å². The maximum Gasteiger partial charge on any atom is 0.417 e.